The summed E-state index contributed by atoms with van der Waals surface area (Å²) in [5.41, 5.74) is -1.70. The molecule has 0 aromatic carbocycles. The summed E-state index contributed by atoms with van der Waals surface area (Å²) in [6.45, 7) is 9.58. The highest BCUT2D eigenvalue weighted by Gasteiger charge is 2.84. The fraction of sp³-hybridized carbons (Fsp3) is 0.727. The lowest BCUT2D eigenvalue weighted by Crippen LogP contribution is -2.83. The maximum atomic E-state index is 13.4. The average molecular weight is 388 g/mol. The molecule has 8 atom stereocenters. The van der Waals surface area contributed by atoms with Crippen LogP contribution in [0.15, 0.2) is 24.3 Å². The summed E-state index contributed by atoms with van der Waals surface area (Å²) in [5.74, 6) is -3.03. The molecule has 28 heavy (non-hydrogen) atoms. The van der Waals surface area contributed by atoms with Crippen LogP contribution in [0.4, 0.5) is 0 Å². The predicted octanol–water partition coefficient (Wildman–Crippen LogP) is 1.75. The van der Waals surface area contributed by atoms with E-state index in [1.54, 1.807) is 6.08 Å². The van der Waals surface area contributed by atoms with Gasteiger partial charge in [0.1, 0.15) is 12.2 Å². The molecule has 2 spiro atoms. The first-order chi connectivity index (χ1) is 13.0. The Morgan fingerprint density at radius 2 is 2.07 bits per heavy atom. The summed E-state index contributed by atoms with van der Waals surface area (Å²) in [6.07, 6.45) is 3.49. The molecule has 6 aliphatic rings. The SMILES string of the molecule is C=C1C2CCC3[C@@]45CO[C@@](O)(C(O)C4C(C)(C)C=CC5=O)[C@]3(C2)C1OC(C)=O. The molecule has 6 rings (SSSR count). The van der Waals surface area contributed by atoms with Gasteiger partial charge in [-0.2, -0.15) is 0 Å². The van der Waals surface area contributed by atoms with Crippen molar-refractivity contribution in [2.75, 3.05) is 6.61 Å². The topological polar surface area (TPSA) is 93.1 Å². The number of aliphatic hydroxyl groups excluding tert-OH is 1. The van der Waals surface area contributed by atoms with Crippen molar-refractivity contribution >= 4 is 11.8 Å². The van der Waals surface area contributed by atoms with Crippen LogP contribution in [0.5, 0.6) is 0 Å². The Balaban J connectivity index is 1.78. The van der Waals surface area contributed by atoms with Crippen LogP contribution < -0.4 is 0 Å². The van der Waals surface area contributed by atoms with Crippen molar-refractivity contribution in [3.63, 3.8) is 0 Å². The number of fused-ring (bicyclic) bond motifs is 2. The monoisotopic (exact) mass is 388 g/mol. The van der Waals surface area contributed by atoms with Crippen molar-refractivity contribution in [2.45, 2.75) is 58.0 Å². The molecule has 4 bridgehead atoms. The van der Waals surface area contributed by atoms with E-state index in [-0.39, 0.29) is 24.2 Å². The highest BCUT2D eigenvalue weighted by atomic mass is 16.6. The second-order valence-corrected chi connectivity index (χ2v) is 10.1. The molecule has 6 heteroatoms. The Morgan fingerprint density at radius 3 is 2.75 bits per heavy atom. The van der Waals surface area contributed by atoms with Crippen molar-refractivity contribution in [1.29, 1.82) is 0 Å². The molecule has 0 aromatic heterocycles. The Morgan fingerprint density at radius 1 is 1.36 bits per heavy atom. The molecule has 6 nitrogen and oxygen atoms in total. The van der Waals surface area contributed by atoms with Gasteiger partial charge in [0, 0.05) is 12.8 Å². The van der Waals surface area contributed by atoms with Gasteiger partial charge in [-0.25, -0.2) is 0 Å². The van der Waals surface area contributed by atoms with Crippen LogP contribution in [0, 0.1) is 34.0 Å². The highest BCUT2D eigenvalue weighted by Crippen LogP contribution is 2.76. The third-order valence-corrected chi connectivity index (χ3v) is 8.64. The quantitative estimate of drug-likeness (QED) is 0.525. The first-order valence-electron chi connectivity index (χ1n) is 10.2. The molecule has 152 valence electrons. The van der Waals surface area contributed by atoms with E-state index < -0.39 is 46.1 Å². The van der Waals surface area contributed by atoms with Gasteiger partial charge in [0.05, 0.1) is 17.4 Å². The molecule has 5 fully saturated rings. The maximum Gasteiger partial charge on any atom is 0.303 e. The number of allylic oxidation sites excluding steroid dienone is 2. The molecule has 0 amide bonds. The Bertz CT molecular complexity index is 829. The van der Waals surface area contributed by atoms with Crippen molar-refractivity contribution in [1.82, 2.24) is 0 Å². The molecule has 5 unspecified atom stereocenters. The maximum absolute atomic E-state index is 13.4. The summed E-state index contributed by atoms with van der Waals surface area (Å²) in [7, 11) is 0. The van der Waals surface area contributed by atoms with Crippen LogP contribution in [0.3, 0.4) is 0 Å². The fourth-order valence-electron chi connectivity index (χ4n) is 7.73. The normalized spacial score (nSPS) is 53.0. The van der Waals surface area contributed by atoms with Gasteiger partial charge in [-0.05, 0) is 48.2 Å². The number of carbonyl (C=O) groups excluding carboxylic acids is 2. The lowest BCUT2D eigenvalue weighted by atomic mass is 9.37. The molecular formula is C22H28O6. The van der Waals surface area contributed by atoms with E-state index in [9.17, 15) is 19.8 Å². The summed E-state index contributed by atoms with van der Waals surface area (Å²) in [5, 5.41) is 23.3. The van der Waals surface area contributed by atoms with E-state index in [4.69, 9.17) is 9.47 Å². The molecule has 0 aromatic rings. The molecule has 0 radical (unpaired) electrons. The first kappa shape index (κ1) is 18.5. The summed E-state index contributed by atoms with van der Waals surface area (Å²) >= 11 is 0. The van der Waals surface area contributed by atoms with Crippen molar-refractivity contribution < 1.29 is 29.3 Å². The number of aliphatic hydroxyl groups is 2. The van der Waals surface area contributed by atoms with E-state index >= 15 is 0 Å². The van der Waals surface area contributed by atoms with Crippen molar-refractivity contribution in [2.24, 2.45) is 34.0 Å². The van der Waals surface area contributed by atoms with Gasteiger partial charge in [-0.1, -0.05) is 26.5 Å². The summed E-state index contributed by atoms with van der Waals surface area (Å²) in [4.78, 5) is 25.3. The lowest BCUT2D eigenvalue weighted by Gasteiger charge is -2.72. The minimum Gasteiger partial charge on any atom is -0.457 e. The number of hydrogen-bond donors (Lipinski definition) is 2. The van der Waals surface area contributed by atoms with Gasteiger partial charge in [-0.3, -0.25) is 9.59 Å². The van der Waals surface area contributed by atoms with Gasteiger partial charge in [0.25, 0.3) is 0 Å². The van der Waals surface area contributed by atoms with E-state index in [0.29, 0.717) is 12.8 Å². The molecule has 3 saturated carbocycles. The fourth-order valence-corrected chi connectivity index (χ4v) is 7.73. The van der Waals surface area contributed by atoms with E-state index in [1.807, 2.05) is 19.9 Å². The number of ketones is 1. The van der Waals surface area contributed by atoms with Gasteiger partial charge < -0.3 is 19.7 Å². The molecule has 2 N–H and O–H groups in total. The van der Waals surface area contributed by atoms with Gasteiger partial charge in [-0.15, -0.1) is 0 Å². The number of esters is 1. The van der Waals surface area contributed by atoms with Crippen molar-refractivity contribution in [3.8, 4) is 0 Å². The Labute approximate surface area is 164 Å². The van der Waals surface area contributed by atoms with Crippen LogP contribution >= 0.6 is 0 Å². The van der Waals surface area contributed by atoms with Crippen LogP contribution in [0.25, 0.3) is 0 Å². The van der Waals surface area contributed by atoms with Crippen LogP contribution in [0.1, 0.15) is 40.0 Å². The molecule has 2 saturated heterocycles. The zero-order valence-corrected chi connectivity index (χ0v) is 16.6. The zero-order valence-electron chi connectivity index (χ0n) is 16.6. The summed E-state index contributed by atoms with van der Waals surface area (Å²) in [6, 6.07) is 0. The smallest absolute Gasteiger partial charge is 0.303 e. The Hall–Kier alpha value is -1.50. The summed E-state index contributed by atoms with van der Waals surface area (Å²) < 4.78 is 11.7. The minimum absolute atomic E-state index is 0.0560. The number of rotatable bonds is 1. The third kappa shape index (κ3) is 1.73. The van der Waals surface area contributed by atoms with E-state index in [1.165, 1.54) is 6.92 Å². The third-order valence-electron chi connectivity index (χ3n) is 8.64. The van der Waals surface area contributed by atoms with Crippen LogP contribution in [0.2, 0.25) is 0 Å². The van der Waals surface area contributed by atoms with E-state index in [0.717, 1.165) is 12.0 Å². The number of carbonyl (C=O) groups is 2. The van der Waals surface area contributed by atoms with Gasteiger partial charge >= 0.3 is 5.97 Å². The van der Waals surface area contributed by atoms with Gasteiger partial charge in [0.15, 0.2) is 5.78 Å². The second kappa shape index (κ2) is 5.15. The lowest BCUT2D eigenvalue weighted by molar-refractivity contribution is -0.441. The zero-order chi connectivity index (χ0) is 20.3. The standard InChI is InChI=1S/C22H28O6/c1-11-13-5-6-14-20-10-27-22(26,21(14,9-13)18(11)28-12(2)23)17(25)16(20)19(3,4)8-7-15(20)24/h7-8,13-14,16-18,25-26H,1,5-6,9-10H2,2-4H3/t13?,14?,16?,17?,18?,20-,21+,22+/m1/s1. The number of hydrogen-bond acceptors (Lipinski definition) is 6. The van der Waals surface area contributed by atoms with Crippen molar-refractivity contribution in [3.05, 3.63) is 24.3 Å². The molecule has 2 heterocycles. The average Bonchev–Trinajstić information content (AvgIpc) is 2.82. The molecule has 2 aliphatic heterocycles. The Kier molecular flexibility index (Phi) is 3.41. The first-order valence-corrected chi connectivity index (χ1v) is 10.2. The largest absolute Gasteiger partial charge is 0.457 e. The van der Waals surface area contributed by atoms with Crippen LogP contribution in [-0.2, 0) is 19.1 Å². The highest BCUT2D eigenvalue weighted by molar-refractivity contribution is 5.97. The van der Waals surface area contributed by atoms with Gasteiger partial charge in [0.2, 0.25) is 5.79 Å². The van der Waals surface area contributed by atoms with Crippen LogP contribution in [-0.4, -0.2) is 46.6 Å². The van der Waals surface area contributed by atoms with E-state index in [2.05, 4.69) is 6.58 Å². The number of ether oxygens (including phenoxy) is 2. The second-order valence-electron chi connectivity index (χ2n) is 10.1. The predicted molar refractivity (Wildman–Crippen MR) is 98.7 cm³/mol. The molecular weight excluding hydrogens is 360 g/mol. The molecule has 4 aliphatic carbocycles. The minimum atomic E-state index is -1.88.